The molecule has 0 radical (unpaired) electrons. The van der Waals surface area contributed by atoms with E-state index in [9.17, 15) is 4.79 Å². The number of fused-ring (bicyclic) bond motifs is 1. The molecular formula is C16H20N2O3. The number of methoxy groups -OCH3 is 1. The first-order valence-electron chi connectivity index (χ1n) is 7.21. The van der Waals surface area contributed by atoms with Crippen LogP contribution in [0.25, 0.3) is 10.9 Å². The van der Waals surface area contributed by atoms with Crippen LogP contribution < -0.4 is 5.32 Å². The first-order valence-corrected chi connectivity index (χ1v) is 7.21. The zero-order chi connectivity index (χ0) is 14.7. The molecule has 1 saturated heterocycles. The number of para-hydroxylation sites is 1. The summed E-state index contributed by atoms with van der Waals surface area (Å²) in [5, 5.41) is 4.15. The maximum absolute atomic E-state index is 12.2. The Kier molecular flexibility index (Phi) is 4.22. The summed E-state index contributed by atoms with van der Waals surface area (Å²) in [5.41, 5.74) is 1.07. The van der Waals surface area contributed by atoms with E-state index in [1.165, 1.54) is 0 Å². The molecule has 5 nitrogen and oxygen atoms in total. The minimum Gasteiger partial charge on any atom is -0.379 e. The van der Waals surface area contributed by atoms with Gasteiger partial charge in [0.2, 0.25) is 5.91 Å². The Bertz CT molecular complexity index is 623. The summed E-state index contributed by atoms with van der Waals surface area (Å²) in [5.74, 6) is -0.0195. The molecule has 1 N–H and O–H groups in total. The summed E-state index contributed by atoms with van der Waals surface area (Å²) in [7, 11) is 1.68. The first kappa shape index (κ1) is 14.1. The fourth-order valence-corrected chi connectivity index (χ4v) is 2.82. The van der Waals surface area contributed by atoms with Crippen molar-refractivity contribution in [3.8, 4) is 0 Å². The van der Waals surface area contributed by atoms with Gasteiger partial charge in [0.15, 0.2) is 0 Å². The van der Waals surface area contributed by atoms with Crippen molar-refractivity contribution in [1.82, 2.24) is 9.88 Å². The van der Waals surface area contributed by atoms with E-state index in [0.717, 1.165) is 17.3 Å². The molecule has 0 spiro atoms. The van der Waals surface area contributed by atoms with Gasteiger partial charge in [-0.3, -0.25) is 4.79 Å². The maximum atomic E-state index is 12.2. The minimum absolute atomic E-state index is 0.0195. The number of hydrogen-bond acceptors (Lipinski definition) is 3. The van der Waals surface area contributed by atoms with Gasteiger partial charge < -0.3 is 19.4 Å². The summed E-state index contributed by atoms with van der Waals surface area (Å²) < 4.78 is 12.8. The van der Waals surface area contributed by atoms with E-state index in [1.54, 1.807) is 7.11 Å². The van der Waals surface area contributed by atoms with Crippen molar-refractivity contribution in [2.45, 2.75) is 25.1 Å². The molecule has 1 aliphatic rings. The van der Waals surface area contributed by atoms with E-state index < -0.39 is 0 Å². The highest BCUT2D eigenvalue weighted by atomic mass is 16.5. The van der Waals surface area contributed by atoms with E-state index >= 15 is 0 Å². The normalized spacial score (nSPS) is 22.3. The fraction of sp³-hybridized carbons (Fsp3) is 0.438. The lowest BCUT2D eigenvalue weighted by Gasteiger charge is -2.31. The van der Waals surface area contributed by atoms with Crippen molar-refractivity contribution in [2.24, 2.45) is 0 Å². The van der Waals surface area contributed by atoms with Gasteiger partial charge in [-0.2, -0.15) is 0 Å². The van der Waals surface area contributed by atoms with Crippen LogP contribution in [-0.4, -0.2) is 42.9 Å². The number of carbonyl (C=O) groups is 1. The van der Waals surface area contributed by atoms with Gasteiger partial charge in [-0.1, -0.05) is 18.2 Å². The number of amides is 1. The topological polar surface area (TPSA) is 52.5 Å². The number of ether oxygens (including phenoxy) is 2. The number of carbonyl (C=O) groups excluding carboxylic acids is 1. The monoisotopic (exact) mass is 288 g/mol. The van der Waals surface area contributed by atoms with Crippen LogP contribution in [0, 0.1) is 0 Å². The van der Waals surface area contributed by atoms with Gasteiger partial charge in [0.1, 0.15) is 6.54 Å². The number of rotatable bonds is 4. The molecule has 3 rings (SSSR count). The van der Waals surface area contributed by atoms with E-state index in [-0.39, 0.29) is 18.1 Å². The lowest BCUT2D eigenvalue weighted by molar-refractivity contribution is -0.125. The highest BCUT2D eigenvalue weighted by Crippen LogP contribution is 2.15. The number of benzene rings is 1. The average molecular weight is 288 g/mol. The van der Waals surface area contributed by atoms with Crippen molar-refractivity contribution >= 4 is 16.8 Å². The molecule has 2 aromatic rings. The molecule has 1 aliphatic heterocycles. The van der Waals surface area contributed by atoms with Crippen molar-refractivity contribution < 1.29 is 14.3 Å². The molecule has 2 heterocycles. The zero-order valence-electron chi connectivity index (χ0n) is 12.1. The highest BCUT2D eigenvalue weighted by Gasteiger charge is 2.26. The molecule has 0 aliphatic carbocycles. The zero-order valence-corrected chi connectivity index (χ0v) is 12.1. The van der Waals surface area contributed by atoms with Crippen LogP contribution in [0.1, 0.15) is 6.42 Å². The van der Waals surface area contributed by atoms with Crippen LogP contribution in [0.3, 0.4) is 0 Å². The Morgan fingerprint density at radius 2 is 2.29 bits per heavy atom. The lowest BCUT2D eigenvalue weighted by atomic mass is 10.1. The summed E-state index contributed by atoms with van der Waals surface area (Å²) >= 11 is 0. The van der Waals surface area contributed by atoms with E-state index in [0.29, 0.717) is 19.8 Å². The molecule has 112 valence electrons. The lowest BCUT2D eigenvalue weighted by Crippen LogP contribution is -2.50. The molecule has 0 unspecified atom stereocenters. The van der Waals surface area contributed by atoms with Crippen molar-refractivity contribution in [2.75, 3.05) is 20.3 Å². The maximum Gasteiger partial charge on any atom is 0.240 e. The van der Waals surface area contributed by atoms with Crippen LogP contribution >= 0.6 is 0 Å². The van der Waals surface area contributed by atoms with Crippen LogP contribution in [0.2, 0.25) is 0 Å². The molecule has 0 saturated carbocycles. The van der Waals surface area contributed by atoms with Gasteiger partial charge in [0.05, 0.1) is 18.8 Å². The van der Waals surface area contributed by atoms with Crippen LogP contribution in [0.4, 0.5) is 0 Å². The van der Waals surface area contributed by atoms with Crippen molar-refractivity contribution in [3.05, 3.63) is 36.5 Å². The van der Waals surface area contributed by atoms with Gasteiger partial charge in [-0.05, 0) is 23.9 Å². The Labute approximate surface area is 123 Å². The van der Waals surface area contributed by atoms with Crippen LogP contribution in [0.5, 0.6) is 0 Å². The summed E-state index contributed by atoms with van der Waals surface area (Å²) in [6, 6.07) is 9.98. The first-order chi connectivity index (χ1) is 10.3. The number of nitrogens with one attached hydrogen (secondary N) is 1. The van der Waals surface area contributed by atoms with Gasteiger partial charge >= 0.3 is 0 Å². The SMILES string of the molecule is CO[C@@H]1CCOC[C@H]1NC(=O)Cn1ccc2ccccc21. The molecule has 1 amide bonds. The summed E-state index contributed by atoms with van der Waals surface area (Å²) in [6.07, 6.45) is 2.78. The van der Waals surface area contributed by atoms with Crippen molar-refractivity contribution in [1.29, 1.82) is 0 Å². The Morgan fingerprint density at radius 3 is 3.14 bits per heavy atom. The largest absolute Gasteiger partial charge is 0.379 e. The van der Waals surface area contributed by atoms with Gasteiger partial charge in [-0.25, -0.2) is 0 Å². The highest BCUT2D eigenvalue weighted by molar-refractivity contribution is 5.83. The second kappa shape index (κ2) is 6.28. The van der Waals surface area contributed by atoms with E-state index in [1.807, 2.05) is 41.1 Å². The Morgan fingerprint density at radius 1 is 1.43 bits per heavy atom. The fourth-order valence-electron chi connectivity index (χ4n) is 2.82. The third kappa shape index (κ3) is 3.09. The quantitative estimate of drug-likeness (QED) is 0.929. The van der Waals surface area contributed by atoms with Crippen molar-refractivity contribution in [3.63, 3.8) is 0 Å². The molecule has 2 atom stereocenters. The number of aromatic nitrogens is 1. The molecule has 5 heteroatoms. The summed E-state index contributed by atoms with van der Waals surface area (Å²) in [6.45, 7) is 1.50. The standard InChI is InChI=1S/C16H20N2O3/c1-20-15-7-9-21-11-13(15)17-16(19)10-18-8-6-12-4-2-3-5-14(12)18/h2-6,8,13,15H,7,9-11H2,1H3,(H,17,19)/t13-,15-/m1/s1. The van der Waals surface area contributed by atoms with E-state index in [2.05, 4.69) is 5.32 Å². The Balaban J connectivity index is 1.66. The molecular weight excluding hydrogens is 268 g/mol. The number of nitrogens with zero attached hydrogens (tertiary/aromatic N) is 1. The minimum atomic E-state index is -0.0712. The smallest absolute Gasteiger partial charge is 0.240 e. The third-order valence-electron chi connectivity index (χ3n) is 3.94. The summed E-state index contributed by atoms with van der Waals surface area (Å²) in [4.78, 5) is 12.2. The third-order valence-corrected chi connectivity index (χ3v) is 3.94. The van der Waals surface area contributed by atoms with Gasteiger partial charge in [-0.15, -0.1) is 0 Å². The average Bonchev–Trinajstić information content (AvgIpc) is 2.91. The molecule has 1 aromatic heterocycles. The molecule has 0 bridgehead atoms. The molecule has 1 fully saturated rings. The van der Waals surface area contributed by atoms with E-state index in [4.69, 9.17) is 9.47 Å². The molecule has 21 heavy (non-hydrogen) atoms. The number of hydrogen-bond donors (Lipinski definition) is 1. The second-order valence-corrected chi connectivity index (χ2v) is 5.31. The molecule has 1 aromatic carbocycles. The van der Waals surface area contributed by atoms with Gasteiger partial charge in [0.25, 0.3) is 0 Å². The van der Waals surface area contributed by atoms with Crippen LogP contribution in [0.15, 0.2) is 36.5 Å². The van der Waals surface area contributed by atoms with Gasteiger partial charge in [0, 0.05) is 25.4 Å². The Hall–Kier alpha value is -1.85. The predicted octanol–water partition coefficient (Wildman–Crippen LogP) is 1.56. The predicted molar refractivity (Wildman–Crippen MR) is 80.1 cm³/mol. The van der Waals surface area contributed by atoms with Crippen LogP contribution in [-0.2, 0) is 20.8 Å². The second-order valence-electron chi connectivity index (χ2n) is 5.31.